The van der Waals surface area contributed by atoms with Gasteiger partial charge in [0.25, 0.3) is 6.79 Å². The lowest BCUT2D eigenvalue weighted by atomic mass is 10.0. The molecule has 3 rings (SSSR count). The number of anilines is 1. The summed E-state index contributed by atoms with van der Waals surface area (Å²) in [5, 5.41) is 2.43. The van der Waals surface area contributed by atoms with Crippen LogP contribution in [0.25, 0.3) is 11.0 Å². The molecule has 1 atom stereocenters. The van der Waals surface area contributed by atoms with Gasteiger partial charge in [0.2, 0.25) is 5.95 Å². The molecule has 2 aromatic carbocycles. The van der Waals surface area contributed by atoms with Crippen molar-refractivity contribution >= 4 is 43.3 Å². The first kappa shape index (κ1) is 25.8. The zero-order chi connectivity index (χ0) is 25.4. The van der Waals surface area contributed by atoms with Gasteiger partial charge in [0, 0.05) is 15.7 Å². The molecule has 0 aliphatic heterocycles. The fourth-order valence-corrected chi connectivity index (χ4v) is 3.30. The molecule has 1 amide bonds. The lowest BCUT2D eigenvalue weighted by Crippen LogP contribution is -2.16. The molecule has 1 heterocycles. The average Bonchev–Trinajstić information content (AvgIpc) is 3.18. The van der Waals surface area contributed by atoms with E-state index in [-0.39, 0.29) is 24.6 Å². The van der Waals surface area contributed by atoms with Gasteiger partial charge >= 0.3 is 20.5 Å². The number of imidazole rings is 1. The Labute approximate surface area is 201 Å². The number of nitrogens with one attached hydrogen (secondary N) is 1. The number of methoxy groups -OCH3 is 1. The monoisotopic (exact) mass is 504 g/mol. The first-order chi connectivity index (χ1) is 16.8. The van der Waals surface area contributed by atoms with Crippen LogP contribution < -0.4 is 5.32 Å². The third-order valence-corrected chi connectivity index (χ3v) is 5.05. The van der Waals surface area contributed by atoms with Gasteiger partial charge in [-0.15, -0.1) is 0 Å². The highest BCUT2D eigenvalue weighted by Gasteiger charge is 2.25. The van der Waals surface area contributed by atoms with Crippen molar-refractivity contribution in [2.75, 3.05) is 19.2 Å². The van der Waals surface area contributed by atoms with E-state index in [1.807, 2.05) is 6.07 Å². The molecule has 0 fully saturated rings. The molecule has 1 N–H and O–H groups in total. The molecule has 35 heavy (non-hydrogen) atoms. The first-order valence-corrected chi connectivity index (χ1v) is 11.4. The van der Waals surface area contributed by atoms with Crippen LogP contribution in [0.4, 0.5) is 15.5 Å². The summed E-state index contributed by atoms with van der Waals surface area (Å²) in [5.41, 5.74) is 1.74. The minimum absolute atomic E-state index is 0.0244. The van der Waals surface area contributed by atoms with Gasteiger partial charge in [-0.3, -0.25) is 14.7 Å². The quantitative estimate of drug-likeness (QED) is 0.180. The summed E-state index contributed by atoms with van der Waals surface area (Å²) >= 11 is 0. The molecule has 1 unspecified atom stereocenters. The van der Waals surface area contributed by atoms with E-state index in [9.17, 15) is 18.9 Å². The topological polar surface area (TPSA) is 144 Å². The second-order valence-corrected chi connectivity index (χ2v) is 8.13. The summed E-state index contributed by atoms with van der Waals surface area (Å²) in [4.78, 5) is 40.2. The Bertz CT molecular complexity index is 1230. The van der Waals surface area contributed by atoms with Crippen molar-refractivity contribution in [3.63, 3.8) is 0 Å². The molecule has 184 valence electrons. The van der Waals surface area contributed by atoms with Gasteiger partial charge in [-0.1, -0.05) is 39.4 Å². The van der Waals surface area contributed by atoms with Gasteiger partial charge in [-0.2, -0.15) is 0 Å². The number of nitrogens with zero attached hydrogens (tertiary/aromatic N) is 2. The number of hydrogen-bond donors (Lipinski definition) is 1. The number of carbonyl (C=O) groups is 3. The van der Waals surface area contributed by atoms with Crippen molar-refractivity contribution in [2.24, 2.45) is 0 Å². The van der Waals surface area contributed by atoms with Gasteiger partial charge in [0.05, 0.1) is 24.2 Å². The fourth-order valence-electron chi connectivity index (χ4n) is 2.88. The second-order valence-electron chi connectivity index (χ2n) is 7.17. The number of rotatable bonds is 10. The predicted octanol–water partition coefficient (Wildman–Crippen LogP) is 4.61. The molecule has 0 aliphatic carbocycles. The highest BCUT2D eigenvalue weighted by molar-refractivity contribution is 7.33. The summed E-state index contributed by atoms with van der Waals surface area (Å²) in [7, 11) is -1.52. The third kappa shape index (κ3) is 7.06. The van der Waals surface area contributed by atoms with E-state index in [0.717, 1.165) is 0 Å². The number of benzene rings is 2. The molecule has 0 bridgehead atoms. The Balaban J connectivity index is 1.75. The van der Waals surface area contributed by atoms with Gasteiger partial charge in [0.1, 0.15) is 0 Å². The Morgan fingerprint density at radius 2 is 1.80 bits per heavy atom. The van der Waals surface area contributed by atoms with Gasteiger partial charge in [-0.25, -0.2) is 14.6 Å². The van der Waals surface area contributed by atoms with E-state index in [1.54, 1.807) is 56.3 Å². The van der Waals surface area contributed by atoms with E-state index >= 15 is 0 Å². The summed E-state index contributed by atoms with van der Waals surface area (Å²) in [6.45, 7) is 2.28. The van der Waals surface area contributed by atoms with E-state index in [0.29, 0.717) is 22.2 Å². The summed E-state index contributed by atoms with van der Waals surface area (Å²) in [6.07, 6.45) is -2.15. The smallest absolute Gasteiger partial charge is 0.453 e. The Hall–Kier alpha value is -3.86. The molecule has 0 spiro atoms. The zero-order valence-corrected chi connectivity index (χ0v) is 20.0. The number of ketones is 1. The SMILES string of the molecule is COC(=O)Nc1nc2cc(C(=O)c3ccccc3)ccc2n1CO[P+](=O)OCOC(=O)OC(C)C. The Morgan fingerprint density at radius 3 is 2.49 bits per heavy atom. The first-order valence-electron chi connectivity index (χ1n) is 10.3. The van der Waals surface area contributed by atoms with Crippen molar-refractivity contribution in [3.8, 4) is 0 Å². The Morgan fingerprint density at radius 1 is 1.06 bits per heavy atom. The molecule has 0 radical (unpaired) electrons. The van der Waals surface area contributed by atoms with Crippen LogP contribution in [0.2, 0.25) is 0 Å². The van der Waals surface area contributed by atoms with Crippen molar-refractivity contribution in [1.82, 2.24) is 9.55 Å². The highest BCUT2D eigenvalue weighted by atomic mass is 31.1. The van der Waals surface area contributed by atoms with Crippen molar-refractivity contribution in [3.05, 3.63) is 59.7 Å². The summed E-state index contributed by atoms with van der Waals surface area (Å²) in [5.74, 6) is -0.176. The maximum absolute atomic E-state index is 12.8. The van der Waals surface area contributed by atoms with Crippen LogP contribution in [0.15, 0.2) is 48.5 Å². The van der Waals surface area contributed by atoms with Crippen LogP contribution in [-0.4, -0.2) is 47.6 Å². The average molecular weight is 504 g/mol. The molecule has 0 saturated carbocycles. The number of aromatic nitrogens is 2. The molecule has 12 nitrogen and oxygen atoms in total. The van der Waals surface area contributed by atoms with Crippen molar-refractivity contribution < 1.29 is 42.2 Å². The highest BCUT2D eigenvalue weighted by Crippen LogP contribution is 2.28. The normalized spacial score (nSPS) is 11.3. The predicted molar refractivity (Wildman–Crippen MR) is 123 cm³/mol. The van der Waals surface area contributed by atoms with Gasteiger partial charge in [0.15, 0.2) is 12.5 Å². The van der Waals surface area contributed by atoms with Crippen LogP contribution in [0.1, 0.15) is 29.8 Å². The summed E-state index contributed by atoms with van der Waals surface area (Å²) in [6, 6.07) is 13.5. The summed E-state index contributed by atoms with van der Waals surface area (Å²) < 4.78 is 37.4. The van der Waals surface area contributed by atoms with E-state index < -0.39 is 27.3 Å². The second kappa shape index (κ2) is 12.0. The largest absolute Gasteiger partial charge is 0.702 e. The van der Waals surface area contributed by atoms with Gasteiger partial charge < -0.3 is 14.2 Å². The van der Waals surface area contributed by atoms with Crippen molar-refractivity contribution in [2.45, 2.75) is 26.7 Å². The zero-order valence-electron chi connectivity index (χ0n) is 19.1. The van der Waals surface area contributed by atoms with Crippen LogP contribution in [-0.2, 0) is 34.6 Å². The van der Waals surface area contributed by atoms with Crippen molar-refractivity contribution in [1.29, 1.82) is 0 Å². The fraction of sp³-hybridized carbons (Fsp3) is 0.273. The number of carbonyl (C=O) groups excluding carboxylic acids is 3. The van der Waals surface area contributed by atoms with Crippen LogP contribution in [0.5, 0.6) is 0 Å². The molecular formula is C22H23N3O9P+. The molecule has 0 aliphatic rings. The third-order valence-electron chi connectivity index (χ3n) is 4.40. The minimum Gasteiger partial charge on any atom is -0.453 e. The lowest BCUT2D eigenvalue weighted by molar-refractivity contribution is -0.0113. The number of amides is 1. The molecule has 3 aromatic rings. The van der Waals surface area contributed by atoms with E-state index in [2.05, 4.69) is 19.8 Å². The lowest BCUT2D eigenvalue weighted by Gasteiger charge is -2.07. The van der Waals surface area contributed by atoms with E-state index in [1.165, 1.54) is 11.7 Å². The molecule has 0 saturated heterocycles. The molecule has 1 aromatic heterocycles. The number of hydrogen-bond acceptors (Lipinski definition) is 10. The van der Waals surface area contributed by atoms with Crippen LogP contribution in [0.3, 0.4) is 0 Å². The van der Waals surface area contributed by atoms with Crippen LogP contribution >= 0.6 is 8.25 Å². The van der Waals surface area contributed by atoms with Gasteiger partial charge in [-0.05, 0) is 32.0 Å². The minimum atomic E-state index is -2.70. The molecular weight excluding hydrogens is 481 g/mol. The van der Waals surface area contributed by atoms with E-state index in [4.69, 9.17) is 13.8 Å². The maximum Gasteiger partial charge on any atom is 0.702 e. The molecule has 13 heteroatoms. The Kier molecular flexibility index (Phi) is 8.85. The number of ether oxygens (including phenoxy) is 3. The maximum atomic E-state index is 12.8. The van der Waals surface area contributed by atoms with Crippen LogP contribution in [0, 0.1) is 0 Å². The number of fused-ring (bicyclic) bond motifs is 1. The standard InChI is InChI=1S/C22H22N3O9P/c1-14(2)34-22(28)31-13-33-35(29)32-12-25-18-10-9-16(19(26)15-7-5-4-6-8-15)11-17(18)23-20(25)24-21(27)30-3/h4-11,14H,12-13H2,1-3H3/p+1.